The highest BCUT2D eigenvalue weighted by Gasteiger charge is 2.34. The minimum absolute atomic E-state index is 0.247. The van der Waals surface area contributed by atoms with Gasteiger partial charge in [0.1, 0.15) is 10.9 Å². The number of carbonyl (C=O) groups is 2. The molecule has 2 rings (SSSR count). The summed E-state index contributed by atoms with van der Waals surface area (Å²) in [5.74, 6) is -2.39. The lowest BCUT2D eigenvalue weighted by molar-refractivity contribution is -0.139. The number of carbonyl (C=O) groups excluding carboxylic acids is 1. The fraction of sp³-hybridized carbons (Fsp3) is 0.100. The Morgan fingerprint density at radius 2 is 2.25 bits per heavy atom. The fourth-order valence-electron chi connectivity index (χ4n) is 1.26. The first-order chi connectivity index (χ1) is 7.58. The van der Waals surface area contributed by atoms with Crippen molar-refractivity contribution < 1.29 is 19.1 Å². The molecule has 0 saturated heterocycles. The summed E-state index contributed by atoms with van der Waals surface area (Å²) in [6.45, 7) is 0. The highest BCUT2D eigenvalue weighted by molar-refractivity contribution is 8.16. The molecule has 0 fully saturated rings. The Labute approximate surface area is 94.2 Å². The van der Waals surface area contributed by atoms with Gasteiger partial charge in [-0.2, -0.15) is 0 Å². The van der Waals surface area contributed by atoms with Gasteiger partial charge in [-0.1, -0.05) is 23.9 Å². The zero-order chi connectivity index (χ0) is 11.7. The minimum Gasteiger partial charge on any atom is -0.480 e. The largest absolute Gasteiger partial charge is 0.480 e. The van der Waals surface area contributed by atoms with Gasteiger partial charge < -0.3 is 5.11 Å². The Morgan fingerprint density at radius 3 is 2.81 bits per heavy atom. The van der Waals surface area contributed by atoms with Crippen LogP contribution in [0, 0.1) is 5.82 Å². The molecule has 4 nitrogen and oxygen atoms in total. The second-order valence-electron chi connectivity index (χ2n) is 3.10. The van der Waals surface area contributed by atoms with Crippen LogP contribution in [0.25, 0.3) is 0 Å². The molecule has 0 aromatic heterocycles. The second kappa shape index (κ2) is 4.05. The third-order valence-corrected chi connectivity index (χ3v) is 3.15. The predicted octanol–water partition coefficient (Wildman–Crippen LogP) is 1.30. The molecule has 1 atom stereocenters. The smallest absolute Gasteiger partial charge is 0.326 e. The van der Waals surface area contributed by atoms with Crippen LogP contribution in [0.5, 0.6) is 0 Å². The highest BCUT2D eigenvalue weighted by Crippen LogP contribution is 2.27. The van der Waals surface area contributed by atoms with Crippen LogP contribution < -0.4 is 0 Å². The molecule has 1 aromatic rings. The monoisotopic (exact) mass is 239 g/mol. The van der Waals surface area contributed by atoms with Crippen LogP contribution in [0.4, 0.5) is 4.39 Å². The number of carboxylic acid groups (broad SMARTS) is 1. The van der Waals surface area contributed by atoms with Gasteiger partial charge in [0.15, 0.2) is 5.25 Å². The van der Waals surface area contributed by atoms with Gasteiger partial charge in [0, 0.05) is 5.56 Å². The quantitative estimate of drug-likeness (QED) is 0.790. The molecule has 1 aliphatic heterocycles. The van der Waals surface area contributed by atoms with Crippen LogP contribution in [0.1, 0.15) is 5.56 Å². The number of amides is 1. The second-order valence-corrected chi connectivity index (χ2v) is 4.20. The average molecular weight is 239 g/mol. The maximum Gasteiger partial charge on any atom is 0.326 e. The molecule has 0 spiro atoms. The first kappa shape index (κ1) is 10.8. The van der Waals surface area contributed by atoms with Crippen LogP contribution in [-0.2, 0) is 9.59 Å². The van der Waals surface area contributed by atoms with E-state index in [2.05, 4.69) is 4.99 Å². The lowest BCUT2D eigenvalue weighted by atomic mass is 10.2. The SMILES string of the molecule is O=C(O)C1SC(c2cccc(F)c2)=NC1=O. The Kier molecular flexibility index (Phi) is 2.74. The normalized spacial score (nSPS) is 19.7. The third kappa shape index (κ3) is 1.96. The Balaban J connectivity index is 2.29. The van der Waals surface area contributed by atoms with Gasteiger partial charge in [0.05, 0.1) is 0 Å². The first-order valence-electron chi connectivity index (χ1n) is 4.36. The van der Waals surface area contributed by atoms with E-state index in [1.807, 2.05) is 0 Å². The molecule has 0 radical (unpaired) electrons. The summed E-state index contributed by atoms with van der Waals surface area (Å²) >= 11 is 0.823. The van der Waals surface area contributed by atoms with E-state index in [9.17, 15) is 14.0 Å². The number of hydrogen-bond donors (Lipinski definition) is 1. The molecule has 1 aliphatic rings. The lowest BCUT2D eigenvalue weighted by Crippen LogP contribution is -2.21. The van der Waals surface area contributed by atoms with Crippen molar-refractivity contribution in [2.75, 3.05) is 0 Å². The molecular formula is C10H6FNO3S. The van der Waals surface area contributed by atoms with Gasteiger partial charge in [0.2, 0.25) is 0 Å². The molecule has 0 aliphatic carbocycles. The average Bonchev–Trinajstić information content (AvgIpc) is 2.60. The molecule has 1 unspecified atom stereocenters. The molecule has 1 N–H and O–H groups in total. The third-order valence-electron chi connectivity index (χ3n) is 1.96. The van der Waals surface area contributed by atoms with Gasteiger partial charge in [-0.05, 0) is 12.1 Å². The van der Waals surface area contributed by atoms with Crippen molar-refractivity contribution in [3.63, 3.8) is 0 Å². The number of carboxylic acids is 1. The van der Waals surface area contributed by atoms with Crippen molar-refractivity contribution >= 4 is 28.7 Å². The maximum absolute atomic E-state index is 12.9. The summed E-state index contributed by atoms with van der Waals surface area (Å²) in [6, 6.07) is 5.53. The van der Waals surface area contributed by atoms with Crippen LogP contribution in [0.15, 0.2) is 29.3 Å². The number of rotatable bonds is 2. The molecule has 1 amide bonds. The number of benzene rings is 1. The minimum atomic E-state index is -1.23. The van der Waals surface area contributed by atoms with E-state index in [0.29, 0.717) is 5.56 Å². The van der Waals surface area contributed by atoms with E-state index in [0.717, 1.165) is 11.8 Å². The molecule has 0 bridgehead atoms. The lowest BCUT2D eigenvalue weighted by Gasteiger charge is -2.00. The van der Waals surface area contributed by atoms with Gasteiger partial charge >= 0.3 is 5.97 Å². The zero-order valence-electron chi connectivity index (χ0n) is 7.88. The first-order valence-corrected chi connectivity index (χ1v) is 5.24. The van der Waals surface area contributed by atoms with Gasteiger partial charge in [-0.15, -0.1) is 0 Å². The molecule has 1 heterocycles. The summed E-state index contributed by atoms with van der Waals surface area (Å²) in [7, 11) is 0. The van der Waals surface area contributed by atoms with E-state index in [-0.39, 0.29) is 5.04 Å². The number of halogens is 1. The number of aliphatic imine (C=N–C) groups is 1. The van der Waals surface area contributed by atoms with Crippen molar-refractivity contribution in [1.82, 2.24) is 0 Å². The van der Waals surface area contributed by atoms with Crippen molar-refractivity contribution in [3.05, 3.63) is 35.6 Å². The van der Waals surface area contributed by atoms with Crippen LogP contribution in [0.2, 0.25) is 0 Å². The summed E-state index contributed by atoms with van der Waals surface area (Å²) in [6.07, 6.45) is 0. The van der Waals surface area contributed by atoms with Crippen molar-refractivity contribution in [2.24, 2.45) is 4.99 Å². The van der Waals surface area contributed by atoms with Gasteiger partial charge in [-0.25, -0.2) is 9.38 Å². The van der Waals surface area contributed by atoms with E-state index in [4.69, 9.17) is 5.11 Å². The predicted molar refractivity (Wildman–Crippen MR) is 57.0 cm³/mol. The summed E-state index contributed by atoms with van der Waals surface area (Å²) < 4.78 is 12.9. The number of hydrogen-bond acceptors (Lipinski definition) is 3. The number of aliphatic carboxylic acids is 1. The van der Waals surface area contributed by atoms with Crippen molar-refractivity contribution in [3.8, 4) is 0 Å². The molecular weight excluding hydrogens is 233 g/mol. The number of thioether (sulfide) groups is 1. The summed E-state index contributed by atoms with van der Waals surface area (Å²) in [4.78, 5) is 25.5. The van der Waals surface area contributed by atoms with Crippen LogP contribution in [0.3, 0.4) is 0 Å². The Hall–Kier alpha value is -1.69. The van der Waals surface area contributed by atoms with E-state index >= 15 is 0 Å². The maximum atomic E-state index is 12.9. The molecule has 0 saturated carbocycles. The summed E-state index contributed by atoms with van der Waals surface area (Å²) in [5, 5.41) is 7.75. The van der Waals surface area contributed by atoms with E-state index in [1.54, 1.807) is 6.07 Å². The topological polar surface area (TPSA) is 66.7 Å². The van der Waals surface area contributed by atoms with Gasteiger partial charge in [-0.3, -0.25) is 9.59 Å². The number of nitrogens with zero attached hydrogens (tertiary/aromatic N) is 1. The fourth-order valence-corrected chi connectivity index (χ4v) is 2.14. The van der Waals surface area contributed by atoms with Crippen LogP contribution in [-0.4, -0.2) is 27.3 Å². The van der Waals surface area contributed by atoms with Crippen LogP contribution >= 0.6 is 11.8 Å². The Bertz CT molecular complexity index is 501. The summed E-state index contributed by atoms with van der Waals surface area (Å²) in [5.41, 5.74) is 0.419. The molecule has 16 heavy (non-hydrogen) atoms. The van der Waals surface area contributed by atoms with Crippen molar-refractivity contribution in [2.45, 2.75) is 5.25 Å². The zero-order valence-corrected chi connectivity index (χ0v) is 8.70. The molecule has 1 aromatic carbocycles. The standard InChI is InChI=1S/C10H6FNO3S/c11-6-3-1-2-5(4-6)9-12-8(13)7(16-9)10(14)15/h1-4,7H,(H,14,15). The molecule has 6 heteroatoms. The van der Waals surface area contributed by atoms with Crippen molar-refractivity contribution in [1.29, 1.82) is 0 Å². The molecule has 82 valence electrons. The highest BCUT2D eigenvalue weighted by atomic mass is 32.2. The van der Waals surface area contributed by atoms with Gasteiger partial charge in [0.25, 0.3) is 5.91 Å². The van der Waals surface area contributed by atoms with E-state index < -0.39 is 22.9 Å². The van der Waals surface area contributed by atoms with E-state index in [1.165, 1.54) is 18.2 Å². The Morgan fingerprint density at radius 1 is 1.50 bits per heavy atom.